The van der Waals surface area contributed by atoms with E-state index in [1.165, 1.54) is 0 Å². The Kier molecular flexibility index (Phi) is 5.60. The van der Waals surface area contributed by atoms with Crippen LogP contribution in [0.1, 0.15) is 5.56 Å². The Morgan fingerprint density at radius 3 is 2.60 bits per heavy atom. The topological polar surface area (TPSA) is 109 Å². The highest BCUT2D eigenvalue weighted by atomic mass is 32.2. The van der Waals surface area contributed by atoms with Crippen molar-refractivity contribution in [1.82, 2.24) is 14.4 Å². The molecule has 3 amide bonds. The molecule has 0 aliphatic carbocycles. The fourth-order valence-corrected chi connectivity index (χ4v) is 4.32. The predicted molar refractivity (Wildman–Crippen MR) is 110 cm³/mol. The molecule has 2 aliphatic rings. The summed E-state index contributed by atoms with van der Waals surface area (Å²) in [6.07, 6.45) is 3.35. The second-order valence-electron chi connectivity index (χ2n) is 6.88. The van der Waals surface area contributed by atoms with Crippen molar-refractivity contribution in [2.75, 3.05) is 32.8 Å². The van der Waals surface area contributed by atoms with Crippen LogP contribution in [0.2, 0.25) is 0 Å². The van der Waals surface area contributed by atoms with Crippen LogP contribution in [0.25, 0.3) is 17.0 Å². The predicted octanol–water partition coefficient (Wildman–Crippen LogP) is 1.62. The van der Waals surface area contributed by atoms with Crippen LogP contribution in [0.5, 0.6) is 0 Å². The molecule has 2 fully saturated rings. The van der Waals surface area contributed by atoms with Gasteiger partial charge in [-0.15, -0.1) is 0 Å². The van der Waals surface area contributed by atoms with Gasteiger partial charge in [0, 0.05) is 35.8 Å². The molecule has 2 saturated heterocycles. The SMILES string of the molecule is O=C(O)CN1C(=O)S/C(=C\c2cn(CC(=O)N3CCOCC3)c3ccccc23)C1=O. The van der Waals surface area contributed by atoms with Crippen molar-refractivity contribution in [1.29, 1.82) is 0 Å². The van der Waals surface area contributed by atoms with Crippen molar-refractivity contribution < 1.29 is 29.0 Å². The van der Waals surface area contributed by atoms with Gasteiger partial charge < -0.3 is 19.3 Å². The average molecular weight is 429 g/mol. The van der Waals surface area contributed by atoms with E-state index in [0.717, 1.165) is 10.9 Å². The highest BCUT2D eigenvalue weighted by Crippen LogP contribution is 2.34. The first kappa shape index (κ1) is 20.2. The number of carbonyl (C=O) groups excluding carboxylic acids is 3. The lowest BCUT2D eigenvalue weighted by Crippen LogP contribution is -2.42. The Balaban J connectivity index is 1.63. The summed E-state index contributed by atoms with van der Waals surface area (Å²) in [4.78, 5) is 50.7. The molecule has 4 rings (SSSR count). The van der Waals surface area contributed by atoms with Crippen molar-refractivity contribution in [3.05, 3.63) is 40.9 Å². The molecule has 9 nitrogen and oxygen atoms in total. The van der Waals surface area contributed by atoms with Crippen LogP contribution < -0.4 is 0 Å². The third-order valence-electron chi connectivity index (χ3n) is 4.94. The van der Waals surface area contributed by atoms with Crippen LogP contribution >= 0.6 is 11.8 Å². The summed E-state index contributed by atoms with van der Waals surface area (Å²) in [5, 5.41) is 9.12. The average Bonchev–Trinajstić information content (AvgIpc) is 3.21. The van der Waals surface area contributed by atoms with Gasteiger partial charge in [0.1, 0.15) is 13.1 Å². The lowest BCUT2D eigenvalue weighted by Gasteiger charge is -2.27. The number of hydrogen-bond acceptors (Lipinski definition) is 6. The van der Waals surface area contributed by atoms with Gasteiger partial charge in [-0.05, 0) is 23.9 Å². The molecule has 156 valence electrons. The zero-order valence-electron chi connectivity index (χ0n) is 15.9. The molecular formula is C20H19N3O6S. The van der Waals surface area contributed by atoms with Crippen molar-refractivity contribution in [2.45, 2.75) is 6.54 Å². The first-order valence-corrected chi connectivity index (χ1v) is 10.2. The number of carboxylic acids is 1. The Hall–Kier alpha value is -3.11. The zero-order valence-corrected chi connectivity index (χ0v) is 16.8. The van der Waals surface area contributed by atoms with Gasteiger partial charge in [0.05, 0.1) is 18.1 Å². The molecule has 0 saturated carbocycles. The second kappa shape index (κ2) is 8.33. The molecule has 2 aliphatic heterocycles. The summed E-state index contributed by atoms with van der Waals surface area (Å²) >= 11 is 0.710. The molecular weight excluding hydrogens is 410 g/mol. The third-order valence-corrected chi connectivity index (χ3v) is 5.85. The van der Waals surface area contributed by atoms with Gasteiger partial charge in [-0.25, -0.2) is 0 Å². The lowest BCUT2D eigenvalue weighted by atomic mass is 10.1. The number of ether oxygens (including phenoxy) is 1. The first-order valence-electron chi connectivity index (χ1n) is 9.34. The number of carbonyl (C=O) groups is 4. The summed E-state index contributed by atoms with van der Waals surface area (Å²) in [5.74, 6) is -1.90. The Labute approximate surface area is 175 Å². The quantitative estimate of drug-likeness (QED) is 0.720. The molecule has 10 heteroatoms. The monoisotopic (exact) mass is 429 g/mol. The van der Waals surface area contributed by atoms with Crippen molar-refractivity contribution in [3.8, 4) is 0 Å². The third kappa shape index (κ3) is 3.96. The number of thioether (sulfide) groups is 1. The number of nitrogens with zero attached hydrogens (tertiary/aromatic N) is 3. The largest absolute Gasteiger partial charge is 0.480 e. The minimum Gasteiger partial charge on any atom is -0.480 e. The molecule has 1 aromatic heterocycles. The minimum atomic E-state index is -1.25. The van der Waals surface area contributed by atoms with E-state index in [2.05, 4.69) is 0 Å². The number of para-hydroxylation sites is 1. The summed E-state index contributed by atoms with van der Waals surface area (Å²) in [7, 11) is 0. The van der Waals surface area contributed by atoms with E-state index in [0.29, 0.717) is 48.5 Å². The van der Waals surface area contributed by atoms with Gasteiger partial charge in [-0.1, -0.05) is 18.2 Å². The van der Waals surface area contributed by atoms with E-state index < -0.39 is 23.7 Å². The number of benzene rings is 1. The number of aromatic nitrogens is 1. The smallest absolute Gasteiger partial charge is 0.323 e. The minimum absolute atomic E-state index is 0.0209. The fraction of sp³-hybridized carbons (Fsp3) is 0.300. The maximum absolute atomic E-state index is 12.7. The number of fused-ring (bicyclic) bond motifs is 1. The van der Waals surface area contributed by atoms with E-state index in [1.807, 2.05) is 28.8 Å². The van der Waals surface area contributed by atoms with Crippen LogP contribution in [0, 0.1) is 0 Å². The van der Waals surface area contributed by atoms with Crippen LogP contribution in [-0.2, 0) is 25.7 Å². The molecule has 0 spiro atoms. The highest BCUT2D eigenvalue weighted by molar-refractivity contribution is 8.18. The lowest BCUT2D eigenvalue weighted by molar-refractivity contribution is -0.140. The molecule has 1 aromatic carbocycles. The molecule has 0 atom stereocenters. The van der Waals surface area contributed by atoms with Gasteiger partial charge in [-0.3, -0.25) is 24.1 Å². The van der Waals surface area contributed by atoms with Gasteiger partial charge in [0.15, 0.2) is 0 Å². The second-order valence-corrected chi connectivity index (χ2v) is 7.88. The van der Waals surface area contributed by atoms with Crippen LogP contribution in [0.3, 0.4) is 0 Å². The fourth-order valence-electron chi connectivity index (χ4n) is 3.49. The summed E-state index contributed by atoms with van der Waals surface area (Å²) in [6.45, 7) is 1.64. The van der Waals surface area contributed by atoms with Crippen LogP contribution in [-0.4, -0.2) is 75.3 Å². The van der Waals surface area contributed by atoms with Gasteiger partial charge in [-0.2, -0.15) is 0 Å². The van der Waals surface area contributed by atoms with E-state index in [4.69, 9.17) is 9.84 Å². The van der Waals surface area contributed by atoms with Crippen molar-refractivity contribution >= 4 is 51.8 Å². The summed E-state index contributed by atoms with van der Waals surface area (Å²) in [5.41, 5.74) is 1.51. The number of amides is 3. The molecule has 0 radical (unpaired) electrons. The van der Waals surface area contributed by atoms with Crippen LogP contribution in [0.15, 0.2) is 35.4 Å². The number of carboxylic acid groups (broad SMARTS) is 1. The van der Waals surface area contributed by atoms with Gasteiger partial charge >= 0.3 is 5.97 Å². The molecule has 2 aromatic rings. The number of morpholine rings is 1. The maximum atomic E-state index is 12.7. The zero-order chi connectivity index (χ0) is 21.3. The van der Waals surface area contributed by atoms with E-state index in [-0.39, 0.29) is 17.4 Å². The Morgan fingerprint density at radius 1 is 1.13 bits per heavy atom. The van der Waals surface area contributed by atoms with Crippen molar-refractivity contribution in [2.24, 2.45) is 0 Å². The summed E-state index contributed by atoms with van der Waals surface area (Å²) in [6, 6.07) is 7.47. The van der Waals surface area contributed by atoms with Crippen molar-refractivity contribution in [3.63, 3.8) is 0 Å². The number of imide groups is 1. The number of aliphatic carboxylic acids is 1. The van der Waals surface area contributed by atoms with E-state index >= 15 is 0 Å². The molecule has 30 heavy (non-hydrogen) atoms. The Bertz CT molecular complexity index is 1070. The van der Waals surface area contributed by atoms with Crippen LogP contribution in [0.4, 0.5) is 4.79 Å². The normalized spacial score (nSPS) is 18.6. The number of rotatable bonds is 5. The highest BCUT2D eigenvalue weighted by Gasteiger charge is 2.36. The standard InChI is InChI=1S/C20H19N3O6S/c24-17(21-5-7-29-8-6-21)11-22-10-13(14-3-1-2-4-15(14)22)9-16-19(27)23(12-18(25)26)20(28)30-16/h1-4,9-10H,5-8,11-12H2,(H,25,26)/b16-9-. The van der Waals surface area contributed by atoms with Gasteiger partial charge in [0.25, 0.3) is 11.1 Å². The van der Waals surface area contributed by atoms with Gasteiger partial charge in [0.2, 0.25) is 5.91 Å². The Morgan fingerprint density at radius 2 is 1.87 bits per heavy atom. The summed E-state index contributed by atoms with van der Waals surface area (Å²) < 4.78 is 7.11. The van der Waals surface area contributed by atoms with E-state index in [1.54, 1.807) is 17.2 Å². The molecule has 0 unspecified atom stereocenters. The molecule has 1 N–H and O–H groups in total. The maximum Gasteiger partial charge on any atom is 0.323 e. The molecule has 0 bridgehead atoms. The molecule has 3 heterocycles. The first-order chi connectivity index (χ1) is 14.4. The number of hydrogen-bond donors (Lipinski definition) is 1. The van der Waals surface area contributed by atoms with E-state index in [9.17, 15) is 19.2 Å².